The molecule has 6 nitrogen and oxygen atoms in total. The van der Waals surface area contributed by atoms with Crippen LogP contribution in [0.2, 0.25) is 0 Å². The van der Waals surface area contributed by atoms with Crippen LogP contribution in [0.5, 0.6) is 0 Å². The third-order valence-corrected chi connectivity index (χ3v) is 7.51. The maximum Gasteiger partial charge on any atom is 0.237 e. The first kappa shape index (κ1) is 18.0. The summed E-state index contributed by atoms with van der Waals surface area (Å²) >= 11 is 3.41. The highest BCUT2D eigenvalue weighted by Gasteiger charge is 2.32. The number of aromatic nitrogens is 2. The minimum Gasteiger partial charge on any atom is -0.353 e. The molecule has 3 aromatic heterocycles. The Morgan fingerprint density at radius 2 is 1.96 bits per heavy atom. The van der Waals surface area contributed by atoms with E-state index in [9.17, 15) is 4.79 Å². The number of likely N-dealkylation sites (tertiary alicyclic amines) is 1. The van der Waals surface area contributed by atoms with Crippen LogP contribution in [-0.4, -0.2) is 64.9 Å². The van der Waals surface area contributed by atoms with E-state index in [1.54, 1.807) is 29.0 Å². The van der Waals surface area contributed by atoms with Crippen molar-refractivity contribution in [1.82, 2.24) is 19.8 Å². The molecule has 2 saturated heterocycles. The Morgan fingerprint density at radius 3 is 2.79 bits per heavy atom. The van der Waals surface area contributed by atoms with Crippen LogP contribution < -0.4 is 4.90 Å². The monoisotopic (exact) mass is 413 g/mol. The van der Waals surface area contributed by atoms with Crippen LogP contribution in [0.4, 0.5) is 5.82 Å². The second kappa shape index (κ2) is 7.77. The summed E-state index contributed by atoms with van der Waals surface area (Å²) in [4.78, 5) is 30.9. The maximum absolute atomic E-state index is 13.0. The zero-order valence-corrected chi connectivity index (χ0v) is 17.3. The molecule has 1 amide bonds. The Morgan fingerprint density at radius 1 is 1.07 bits per heavy atom. The summed E-state index contributed by atoms with van der Waals surface area (Å²) in [5.41, 5.74) is 0. The molecule has 8 heteroatoms. The molecule has 2 aliphatic heterocycles. The van der Waals surface area contributed by atoms with Crippen molar-refractivity contribution in [3.05, 3.63) is 40.2 Å². The Bertz CT molecular complexity index is 949. The number of thiophene rings is 2. The van der Waals surface area contributed by atoms with Crippen LogP contribution in [0.3, 0.4) is 0 Å². The minimum absolute atomic E-state index is 0.270. The van der Waals surface area contributed by atoms with E-state index in [0.29, 0.717) is 6.54 Å². The zero-order valence-electron chi connectivity index (χ0n) is 15.7. The second-order valence-corrected chi connectivity index (χ2v) is 9.23. The molecule has 146 valence electrons. The highest BCUT2D eigenvalue weighted by atomic mass is 32.1. The Balaban J connectivity index is 1.20. The first-order valence-electron chi connectivity index (χ1n) is 9.78. The lowest BCUT2D eigenvalue weighted by Gasteiger charge is -2.36. The number of carbonyl (C=O) groups is 1. The molecule has 0 aliphatic carbocycles. The van der Waals surface area contributed by atoms with Gasteiger partial charge in [0.1, 0.15) is 17.0 Å². The van der Waals surface area contributed by atoms with Crippen LogP contribution in [0, 0.1) is 0 Å². The number of hydrogen-bond donors (Lipinski definition) is 0. The van der Waals surface area contributed by atoms with Gasteiger partial charge in [0.15, 0.2) is 0 Å². The molecule has 0 N–H and O–H groups in total. The van der Waals surface area contributed by atoms with Crippen molar-refractivity contribution < 1.29 is 4.79 Å². The quantitative estimate of drug-likeness (QED) is 0.657. The first-order valence-corrected chi connectivity index (χ1v) is 11.5. The molecule has 0 spiro atoms. The molecule has 28 heavy (non-hydrogen) atoms. The molecule has 3 aromatic rings. The summed E-state index contributed by atoms with van der Waals surface area (Å²) in [7, 11) is 0. The zero-order chi connectivity index (χ0) is 18.9. The highest BCUT2D eigenvalue weighted by molar-refractivity contribution is 7.16. The van der Waals surface area contributed by atoms with Gasteiger partial charge in [0, 0.05) is 37.6 Å². The summed E-state index contributed by atoms with van der Waals surface area (Å²) < 4.78 is 0. The number of amides is 1. The fourth-order valence-electron chi connectivity index (χ4n) is 4.27. The van der Waals surface area contributed by atoms with Crippen molar-refractivity contribution in [2.75, 3.05) is 44.2 Å². The van der Waals surface area contributed by atoms with Crippen molar-refractivity contribution >= 4 is 44.6 Å². The third-order valence-electron chi connectivity index (χ3n) is 5.72. The standard InChI is InChI=1S/C20H23N5OS2/c26-18(25-6-1-3-16(25)17-4-2-11-27-17)13-23-7-9-24(10-8-23)19-15-5-12-28-20(15)22-14-21-19/h2,4-5,11-12,14,16H,1,3,6-10,13H2. The van der Waals surface area contributed by atoms with Gasteiger partial charge in [0.25, 0.3) is 0 Å². The van der Waals surface area contributed by atoms with E-state index in [1.165, 1.54) is 4.88 Å². The second-order valence-electron chi connectivity index (χ2n) is 7.36. The summed E-state index contributed by atoms with van der Waals surface area (Å²) in [5.74, 6) is 1.29. The van der Waals surface area contributed by atoms with Gasteiger partial charge in [-0.2, -0.15) is 0 Å². The third kappa shape index (κ3) is 3.40. The SMILES string of the molecule is O=C(CN1CCN(c2ncnc3sccc23)CC1)N1CCCC1c1cccs1. The van der Waals surface area contributed by atoms with Crippen molar-refractivity contribution in [3.8, 4) is 0 Å². The Labute approximate surface area is 172 Å². The van der Waals surface area contributed by atoms with Gasteiger partial charge >= 0.3 is 0 Å². The van der Waals surface area contributed by atoms with E-state index in [-0.39, 0.29) is 11.9 Å². The minimum atomic E-state index is 0.270. The Hall–Kier alpha value is -2.03. The summed E-state index contributed by atoms with van der Waals surface area (Å²) in [6.45, 7) is 4.97. The van der Waals surface area contributed by atoms with E-state index in [1.807, 2.05) is 0 Å². The highest BCUT2D eigenvalue weighted by Crippen LogP contribution is 2.34. The molecule has 5 heterocycles. The molecule has 0 saturated carbocycles. The maximum atomic E-state index is 13.0. The number of carbonyl (C=O) groups excluding carboxylic acids is 1. The Kier molecular flexibility index (Phi) is 5.00. The first-order chi connectivity index (χ1) is 13.8. The molecule has 1 unspecified atom stereocenters. The fourth-order valence-corrected chi connectivity index (χ4v) is 5.87. The molecule has 1 atom stereocenters. The molecular weight excluding hydrogens is 390 g/mol. The molecule has 0 aromatic carbocycles. The van der Waals surface area contributed by atoms with Gasteiger partial charge < -0.3 is 9.80 Å². The number of hydrogen-bond acceptors (Lipinski definition) is 7. The van der Waals surface area contributed by atoms with Gasteiger partial charge in [-0.05, 0) is 35.7 Å². The number of piperazine rings is 1. The van der Waals surface area contributed by atoms with E-state index >= 15 is 0 Å². The van der Waals surface area contributed by atoms with Gasteiger partial charge in [0.05, 0.1) is 18.0 Å². The largest absolute Gasteiger partial charge is 0.353 e. The normalized spacial score (nSPS) is 20.9. The van der Waals surface area contributed by atoms with Crippen LogP contribution >= 0.6 is 22.7 Å². The van der Waals surface area contributed by atoms with Crippen LogP contribution in [0.25, 0.3) is 10.2 Å². The number of anilines is 1. The smallest absolute Gasteiger partial charge is 0.237 e. The average Bonchev–Trinajstić information content (AvgIpc) is 3.48. The predicted octanol–water partition coefficient (Wildman–Crippen LogP) is 3.24. The predicted molar refractivity (Wildman–Crippen MR) is 114 cm³/mol. The van der Waals surface area contributed by atoms with E-state index in [0.717, 1.165) is 61.6 Å². The number of fused-ring (bicyclic) bond motifs is 1. The van der Waals surface area contributed by atoms with E-state index in [4.69, 9.17) is 0 Å². The molecule has 0 radical (unpaired) electrons. The van der Waals surface area contributed by atoms with Crippen molar-refractivity contribution in [3.63, 3.8) is 0 Å². The summed E-state index contributed by atoms with van der Waals surface area (Å²) in [6, 6.07) is 6.62. The lowest BCUT2D eigenvalue weighted by atomic mass is 10.2. The van der Waals surface area contributed by atoms with Gasteiger partial charge in [-0.25, -0.2) is 9.97 Å². The van der Waals surface area contributed by atoms with Crippen LogP contribution in [-0.2, 0) is 4.79 Å². The lowest BCUT2D eigenvalue weighted by Crippen LogP contribution is -2.50. The van der Waals surface area contributed by atoms with Crippen molar-refractivity contribution in [2.24, 2.45) is 0 Å². The van der Waals surface area contributed by atoms with Crippen LogP contribution in [0.15, 0.2) is 35.3 Å². The summed E-state index contributed by atoms with van der Waals surface area (Å²) in [5, 5.41) is 5.30. The van der Waals surface area contributed by atoms with Gasteiger partial charge in [-0.1, -0.05) is 6.07 Å². The number of nitrogens with zero attached hydrogens (tertiary/aromatic N) is 5. The molecule has 0 bridgehead atoms. The van der Waals surface area contributed by atoms with Gasteiger partial charge in [-0.15, -0.1) is 22.7 Å². The van der Waals surface area contributed by atoms with E-state index in [2.05, 4.69) is 53.6 Å². The van der Waals surface area contributed by atoms with Gasteiger partial charge in [0.2, 0.25) is 5.91 Å². The van der Waals surface area contributed by atoms with E-state index < -0.39 is 0 Å². The molecule has 2 fully saturated rings. The average molecular weight is 414 g/mol. The lowest BCUT2D eigenvalue weighted by molar-refractivity contribution is -0.133. The fraction of sp³-hybridized carbons (Fsp3) is 0.450. The summed E-state index contributed by atoms with van der Waals surface area (Å²) in [6.07, 6.45) is 3.85. The van der Waals surface area contributed by atoms with Crippen LogP contribution in [0.1, 0.15) is 23.8 Å². The number of rotatable bonds is 4. The molecular formula is C20H23N5OS2. The molecule has 5 rings (SSSR count). The van der Waals surface area contributed by atoms with Crippen molar-refractivity contribution in [1.29, 1.82) is 0 Å². The van der Waals surface area contributed by atoms with Crippen molar-refractivity contribution in [2.45, 2.75) is 18.9 Å². The topological polar surface area (TPSA) is 52.6 Å². The van der Waals surface area contributed by atoms with Gasteiger partial charge in [-0.3, -0.25) is 9.69 Å². The molecule has 2 aliphatic rings.